The fraction of sp³-hybridized carbons (Fsp3) is 0.318. The quantitative estimate of drug-likeness (QED) is 0.424. The smallest absolute Gasteiger partial charge is 0.262 e. The highest BCUT2D eigenvalue weighted by atomic mass is 32.1. The molecular weight excluding hydrogens is 384 g/mol. The van der Waals surface area contributed by atoms with Crippen molar-refractivity contribution in [3.05, 3.63) is 46.5 Å². The minimum absolute atomic E-state index is 0.0409. The van der Waals surface area contributed by atoms with Crippen LogP contribution in [-0.2, 0) is 4.79 Å². The number of rotatable bonds is 6. The van der Waals surface area contributed by atoms with Crippen molar-refractivity contribution < 1.29 is 9.53 Å². The van der Waals surface area contributed by atoms with Gasteiger partial charge in [0.25, 0.3) is 5.91 Å². The summed E-state index contributed by atoms with van der Waals surface area (Å²) in [5.41, 5.74) is 9.72. The molecule has 0 aliphatic heterocycles. The Balaban J connectivity index is 1.76. The van der Waals surface area contributed by atoms with E-state index < -0.39 is 0 Å². The van der Waals surface area contributed by atoms with E-state index in [0.717, 1.165) is 54.8 Å². The molecule has 2 aromatic carbocycles. The highest BCUT2D eigenvalue weighted by molar-refractivity contribution is 7.22. The normalized spacial score (nSPS) is 10.7. The van der Waals surface area contributed by atoms with E-state index in [2.05, 4.69) is 20.8 Å². The molecule has 6 nitrogen and oxygen atoms in total. The molecule has 1 amide bonds. The molecule has 29 heavy (non-hydrogen) atoms. The van der Waals surface area contributed by atoms with E-state index in [1.165, 1.54) is 11.3 Å². The van der Waals surface area contributed by atoms with Crippen molar-refractivity contribution in [2.24, 2.45) is 5.10 Å². The maximum Gasteiger partial charge on any atom is 0.262 e. The van der Waals surface area contributed by atoms with Gasteiger partial charge in [-0.3, -0.25) is 10.2 Å². The molecule has 0 bridgehead atoms. The van der Waals surface area contributed by atoms with E-state index in [0.29, 0.717) is 0 Å². The molecule has 0 fully saturated rings. The average molecular weight is 411 g/mol. The molecule has 3 rings (SSSR count). The van der Waals surface area contributed by atoms with Crippen LogP contribution in [0.15, 0.2) is 29.4 Å². The molecule has 2 N–H and O–H groups in total. The SMILES string of the molecule is CC(C)=NNc1nc2cc(C)c(NC(=O)COc3ccc(C)cc3C)c(C)c2s1. The lowest BCUT2D eigenvalue weighted by atomic mass is 10.1. The number of hydrazone groups is 1. The molecule has 152 valence electrons. The van der Waals surface area contributed by atoms with Crippen LogP contribution in [0.3, 0.4) is 0 Å². The largest absolute Gasteiger partial charge is 0.483 e. The fourth-order valence-corrected chi connectivity index (χ4v) is 3.96. The van der Waals surface area contributed by atoms with Crippen LogP contribution in [0.2, 0.25) is 0 Å². The number of aryl methyl sites for hydroxylation is 4. The zero-order chi connectivity index (χ0) is 21.1. The molecule has 0 saturated heterocycles. The molecule has 7 heteroatoms. The van der Waals surface area contributed by atoms with E-state index in [9.17, 15) is 4.79 Å². The lowest BCUT2D eigenvalue weighted by Crippen LogP contribution is -2.21. The van der Waals surface area contributed by atoms with Gasteiger partial charge >= 0.3 is 0 Å². The van der Waals surface area contributed by atoms with Crippen LogP contribution in [0.25, 0.3) is 10.2 Å². The van der Waals surface area contributed by atoms with Gasteiger partial charge < -0.3 is 10.1 Å². The summed E-state index contributed by atoms with van der Waals surface area (Å²) in [6, 6.07) is 7.89. The number of thiazole rings is 1. The Morgan fingerprint density at radius 2 is 1.90 bits per heavy atom. The first kappa shape index (κ1) is 20.8. The van der Waals surface area contributed by atoms with Crippen molar-refractivity contribution in [3.8, 4) is 5.75 Å². The van der Waals surface area contributed by atoms with Crippen molar-refractivity contribution >= 4 is 44.0 Å². The maximum atomic E-state index is 12.5. The minimum atomic E-state index is -0.190. The van der Waals surface area contributed by atoms with Gasteiger partial charge in [0.2, 0.25) is 5.13 Å². The third-order valence-corrected chi connectivity index (χ3v) is 5.54. The molecule has 1 heterocycles. The molecule has 0 radical (unpaired) electrons. The van der Waals surface area contributed by atoms with Gasteiger partial charge in [-0.2, -0.15) is 5.10 Å². The Labute approximate surface area is 175 Å². The molecule has 0 unspecified atom stereocenters. The van der Waals surface area contributed by atoms with Gasteiger partial charge in [-0.1, -0.05) is 29.0 Å². The van der Waals surface area contributed by atoms with Gasteiger partial charge in [0.15, 0.2) is 6.61 Å². The number of amides is 1. The van der Waals surface area contributed by atoms with Crippen LogP contribution in [0.5, 0.6) is 5.75 Å². The number of fused-ring (bicyclic) bond motifs is 1. The molecule has 0 spiro atoms. The number of ether oxygens (including phenoxy) is 1. The van der Waals surface area contributed by atoms with Gasteiger partial charge in [-0.25, -0.2) is 4.98 Å². The zero-order valence-corrected chi connectivity index (χ0v) is 18.5. The number of carbonyl (C=O) groups is 1. The number of carbonyl (C=O) groups excluding carboxylic acids is 1. The summed E-state index contributed by atoms with van der Waals surface area (Å²) in [6.45, 7) is 11.8. The number of nitrogens with zero attached hydrogens (tertiary/aromatic N) is 2. The van der Waals surface area contributed by atoms with Gasteiger partial charge in [0, 0.05) is 11.4 Å². The van der Waals surface area contributed by atoms with Gasteiger partial charge in [-0.15, -0.1) is 0 Å². The lowest BCUT2D eigenvalue weighted by molar-refractivity contribution is -0.118. The van der Waals surface area contributed by atoms with Gasteiger partial charge in [-0.05, 0) is 70.4 Å². The monoisotopic (exact) mass is 410 g/mol. The predicted molar refractivity (Wildman–Crippen MR) is 122 cm³/mol. The van der Waals surface area contributed by atoms with Crippen LogP contribution < -0.4 is 15.5 Å². The highest BCUT2D eigenvalue weighted by Gasteiger charge is 2.15. The number of hydrogen-bond donors (Lipinski definition) is 2. The number of benzene rings is 2. The summed E-state index contributed by atoms with van der Waals surface area (Å²) in [7, 11) is 0. The van der Waals surface area contributed by atoms with E-state index >= 15 is 0 Å². The van der Waals surface area contributed by atoms with Crippen LogP contribution in [0.4, 0.5) is 10.8 Å². The first-order chi connectivity index (χ1) is 13.7. The Morgan fingerprint density at radius 1 is 1.14 bits per heavy atom. The number of nitrogens with one attached hydrogen (secondary N) is 2. The zero-order valence-electron chi connectivity index (χ0n) is 17.6. The van der Waals surface area contributed by atoms with E-state index in [1.54, 1.807) is 0 Å². The second-order valence-electron chi connectivity index (χ2n) is 7.34. The van der Waals surface area contributed by atoms with E-state index in [4.69, 9.17) is 4.74 Å². The van der Waals surface area contributed by atoms with Crippen molar-refractivity contribution in [3.63, 3.8) is 0 Å². The number of aromatic nitrogens is 1. The second-order valence-corrected chi connectivity index (χ2v) is 8.34. The van der Waals surface area contributed by atoms with Crippen molar-refractivity contribution in [1.82, 2.24) is 4.98 Å². The number of anilines is 2. The number of hydrogen-bond acceptors (Lipinski definition) is 6. The summed E-state index contributed by atoms with van der Waals surface area (Å²) in [6.07, 6.45) is 0. The van der Waals surface area contributed by atoms with Crippen molar-refractivity contribution in [2.75, 3.05) is 17.3 Å². The van der Waals surface area contributed by atoms with E-state index in [-0.39, 0.29) is 12.5 Å². The summed E-state index contributed by atoms with van der Waals surface area (Å²) in [5, 5.41) is 7.93. The van der Waals surface area contributed by atoms with E-state index in [1.807, 2.05) is 65.8 Å². The average Bonchev–Trinajstić information content (AvgIpc) is 3.06. The molecule has 0 saturated carbocycles. The Morgan fingerprint density at radius 3 is 2.59 bits per heavy atom. The second kappa shape index (κ2) is 8.61. The molecule has 0 aliphatic rings. The summed E-state index contributed by atoms with van der Waals surface area (Å²) < 4.78 is 6.73. The van der Waals surface area contributed by atoms with Gasteiger partial charge in [0.05, 0.1) is 10.2 Å². The lowest BCUT2D eigenvalue weighted by Gasteiger charge is -2.13. The predicted octanol–water partition coefficient (Wildman–Crippen LogP) is 5.36. The van der Waals surface area contributed by atoms with Crippen LogP contribution in [0.1, 0.15) is 36.1 Å². The molecule has 0 aliphatic carbocycles. The van der Waals surface area contributed by atoms with Crippen LogP contribution >= 0.6 is 11.3 Å². The third-order valence-electron chi connectivity index (χ3n) is 4.45. The fourth-order valence-electron chi connectivity index (χ4n) is 3.06. The summed E-state index contributed by atoms with van der Waals surface area (Å²) in [5.74, 6) is 0.532. The first-order valence-corrected chi connectivity index (χ1v) is 10.2. The summed E-state index contributed by atoms with van der Waals surface area (Å²) >= 11 is 1.52. The first-order valence-electron chi connectivity index (χ1n) is 9.42. The molecule has 3 aromatic rings. The Kier molecular flexibility index (Phi) is 6.17. The Hall–Kier alpha value is -2.93. The molecular formula is C22H26N4O2S. The van der Waals surface area contributed by atoms with Crippen molar-refractivity contribution in [1.29, 1.82) is 0 Å². The topological polar surface area (TPSA) is 75.6 Å². The van der Waals surface area contributed by atoms with Crippen molar-refractivity contribution in [2.45, 2.75) is 41.5 Å². The standard InChI is InChI=1S/C22H26N4O2S/c1-12(2)25-26-22-23-17-10-15(5)20(16(6)21(17)29-22)24-19(27)11-28-18-8-7-13(3)9-14(18)4/h7-10H,11H2,1-6H3,(H,23,26)(H,24,27). The summed E-state index contributed by atoms with van der Waals surface area (Å²) in [4.78, 5) is 17.1. The molecule has 0 atom stereocenters. The van der Waals surface area contributed by atoms with Gasteiger partial charge in [0.1, 0.15) is 5.75 Å². The minimum Gasteiger partial charge on any atom is -0.483 e. The third kappa shape index (κ3) is 4.92. The highest BCUT2D eigenvalue weighted by Crippen LogP contribution is 2.35. The van der Waals surface area contributed by atoms with Crippen LogP contribution in [-0.4, -0.2) is 23.2 Å². The molecule has 1 aromatic heterocycles. The maximum absolute atomic E-state index is 12.5. The van der Waals surface area contributed by atoms with Crippen LogP contribution in [0, 0.1) is 27.7 Å². The Bertz CT molecular complexity index is 1100.